The van der Waals surface area contributed by atoms with Gasteiger partial charge >= 0.3 is 0 Å². The predicted octanol–water partition coefficient (Wildman–Crippen LogP) is 5.31. The molecule has 180 valence electrons. The van der Waals surface area contributed by atoms with Gasteiger partial charge in [-0.15, -0.1) is 0 Å². The van der Waals surface area contributed by atoms with Crippen LogP contribution in [0.3, 0.4) is 0 Å². The molecular weight excluding hydrogens is 466 g/mol. The molecule has 34 heavy (non-hydrogen) atoms. The number of anilines is 1. The Balaban J connectivity index is 1.55. The highest BCUT2D eigenvalue weighted by atomic mass is 35.5. The van der Waals surface area contributed by atoms with Gasteiger partial charge in [0, 0.05) is 37.5 Å². The van der Waals surface area contributed by atoms with Gasteiger partial charge in [0.1, 0.15) is 11.0 Å². The van der Waals surface area contributed by atoms with Gasteiger partial charge in [-0.2, -0.15) is 0 Å². The van der Waals surface area contributed by atoms with Crippen molar-refractivity contribution in [1.82, 2.24) is 15.3 Å². The van der Waals surface area contributed by atoms with Crippen LogP contribution in [0.2, 0.25) is 5.15 Å². The molecule has 0 radical (unpaired) electrons. The first-order valence-corrected chi connectivity index (χ1v) is 12.9. The summed E-state index contributed by atoms with van der Waals surface area (Å²) in [5, 5.41) is 4.02. The number of amides is 1. The summed E-state index contributed by atoms with van der Waals surface area (Å²) in [5.74, 6) is 1.36. The first kappa shape index (κ1) is 26.0. The molecule has 8 heteroatoms. The summed E-state index contributed by atoms with van der Waals surface area (Å²) < 4.78 is 0. The average molecular weight is 498 g/mol. The molecule has 0 spiro atoms. The third-order valence-corrected chi connectivity index (χ3v) is 6.40. The number of benzene rings is 2. The van der Waals surface area contributed by atoms with E-state index in [1.54, 1.807) is 6.07 Å². The molecule has 0 bridgehead atoms. The number of nitrogens with two attached hydrogens (primary N) is 1. The SMILES string of the molecule is CN(Cc1ccccc1)c1cc(Cl)nc(SCc2cccc(C(=O)NCCCCCCN)c2)n1. The first-order chi connectivity index (χ1) is 16.5. The summed E-state index contributed by atoms with van der Waals surface area (Å²) in [6.45, 7) is 2.13. The molecule has 0 fully saturated rings. The lowest BCUT2D eigenvalue weighted by Gasteiger charge is -2.19. The summed E-state index contributed by atoms with van der Waals surface area (Å²) in [6.07, 6.45) is 4.19. The number of nitrogens with one attached hydrogen (secondary N) is 1. The normalized spacial score (nSPS) is 10.8. The van der Waals surface area contributed by atoms with Crippen molar-refractivity contribution in [3.8, 4) is 0 Å². The van der Waals surface area contributed by atoms with Gasteiger partial charge in [-0.25, -0.2) is 9.97 Å². The summed E-state index contributed by atoms with van der Waals surface area (Å²) in [5.41, 5.74) is 8.40. The topological polar surface area (TPSA) is 84.1 Å². The van der Waals surface area contributed by atoms with E-state index in [0.29, 0.717) is 28.2 Å². The van der Waals surface area contributed by atoms with Crippen LogP contribution in [0.25, 0.3) is 0 Å². The number of carbonyl (C=O) groups excluding carboxylic acids is 1. The van der Waals surface area contributed by atoms with E-state index in [4.69, 9.17) is 17.3 Å². The van der Waals surface area contributed by atoms with Crippen molar-refractivity contribution in [1.29, 1.82) is 0 Å². The maximum Gasteiger partial charge on any atom is 0.251 e. The Morgan fingerprint density at radius 2 is 1.76 bits per heavy atom. The van der Waals surface area contributed by atoms with Gasteiger partial charge in [-0.3, -0.25) is 4.79 Å². The molecule has 0 saturated carbocycles. The van der Waals surface area contributed by atoms with Gasteiger partial charge in [0.25, 0.3) is 5.91 Å². The molecule has 1 heterocycles. The van der Waals surface area contributed by atoms with E-state index in [-0.39, 0.29) is 5.91 Å². The van der Waals surface area contributed by atoms with E-state index < -0.39 is 0 Å². The first-order valence-electron chi connectivity index (χ1n) is 11.5. The highest BCUT2D eigenvalue weighted by Gasteiger charge is 2.11. The molecule has 6 nitrogen and oxygen atoms in total. The van der Waals surface area contributed by atoms with Crippen LogP contribution < -0.4 is 16.0 Å². The fourth-order valence-electron chi connectivity index (χ4n) is 3.46. The number of rotatable bonds is 13. The zero-order chi connectivity index (χ0) is 24.2. The van der Waals surface area contributed by atoms with Gasteiger partial charge in [-0.1, -0.05) is 78.7 Å². The molecule has 0 aliphatic rings. The van der Waals surface area contributed by atoms with E-state index >= 15 is 0 Å². The van der Waals surface area contributed by atoms with Gasteiger partial charge in [0.15, 0.2) is 5.16 Å². The highest BCUT2D eigenvalue weighted by molar-refractivity contribution is 7.98. The Bertz CT molecular complexity index is 1050. The monoisotopic (exact) mass is 497 g/mol. The summed E-state index contributed by atoms with van der Waals surface area (Å²) in [4.78, 5) is 23.6. The number of halogens is 1. The Labute approximate surface area is 211 Å². The molecule has 0 saturated heterocycles. The quantitative estimate of drug-likeness (QED) is 0.144. The summed E-state index contributed by atoms with van der Waals surface area (Å²) in [7, 11) is 1.99. The Morgan fingerprint density at radius 3 is 2.56 bits per heavy atom. The van der Waals surface area contributed by atoms with Crippen molar-refractivity contribution in [2.45, 2.75) is 43.1 Å². The van der Waals surface area contributed by atoms with Crippen molar-refractivity contribution in [2.75, 3.05) is 25.0 Å². The van der Waals surface area contributed by atoms with Gasteiger partial charge < -0.3 is 16.0 Å². The number of nitrogens with zero attached hydrogens (tertiary/aromatic N) is 3. The molecule has 3 aromatic rings. The third kappa shape index (κ3) is 8.63. The highest BCUT2D eigenvalue weighted by Crippen LogP contribution is 2.25. The van der Waals surface area contributed by atoms with Gasteiger partial charge in [-0.05, 0) is 42.6 Å². The van der Waals surface area contributed by atoms with Crippen LogP contribution in [0.4, 0.5) is 5.82 Å². The van der Waals surface area contributed by atoms with Crippen molar-refractivity contribution < 1.29 is 4.79 Å². The lowest BCUT2D eigenvalue weighted by molar-refractivity contribution is 0.0953. The number of hydrogen-bond acceptors (Lipinski definition) is 6. The minimum Gasteiger partial charge on any atom is -0.355 e. The van der Waals surface area contributed by atoms with Crippen molar-refractivity contribution in [3.05, 3.63) is 82.5 Å². The lowest BCUT2D eigenvalue weighted by atomic mass is 10.1. The largest absolute Gasteiger partial charge is 0.355 e. The number of hydrogen-bond donors (Lipinski definition) is 2. The fraction of sp³-hybridized carbons (Fsp3) is 0.346. The maximum atomic E-state index is 12.5. The van der Waals surface area contributed by atoms with E-state index in [2.05, 4.69) is 27.4 Å². The third-order valence-electron chi connectivity index (χ3n) is 5.29. The number of unbranched alkanes of at least 4 members (excludes halogenated alkanes) is 3. The number of aromatic nitrogens is 2. The van der Waals surface area contributed by atoms with Crippen LogP contribution >= 0.6 is 23.4 Å². The lowest BCUT2D eigenvalue weighted by Crippen LogP contribution is -2.24. The fourth-order valence-corrected chi connectivity index (χ4v) is 4.48. The second-order valence-electron chi connectivity index (χ2n) is 8.12. The van der Waals surface area contributed by atoms with Crippen LogP contribution in [-0.4, -0.2) is 36.0 Å². The van der Waals surface area contributed by atoms with Gasteiger partial charge in [0.05, 0.1) is 0 Å². The minimum absolute atomic E-state index is 0.0468. The second-order valence-corrected chi connectivity index (χ2v) is 9.45. The van der Waals surface area contributed by atoms with Crippen LogP contribution in [0.5, 0.6) is 0 Å². The summed E-state index contributed by atoms with van der Waals surface area (Å²) in [6, 6.07) is 19.7. The molecule has 1 aromatic heterocycles. The number of carbonyl (C=O) groups is 1. The molecular formula is C26H32ClN5OS. The van der Waals surface area contributed by atoms with E-state index in [1.165, 1.54) is 17.3 Å². The standard InChI is InChI=1S/C26H32ClN5OS/c1-32(18-20-10-5-4-6-11-20)24-17-23(27)30-26(31-24)34-19-21-12-9-13-22(16-21)25(33)29-15-8-3-2-7-14-28/h4-6,9-13,16-17H,2-3,7-8,14-15,18-19,28H2,1H3,(H,29,33). The van der Waals surface area contributed by atoms with E-state index in [9.17, 15) is 4.79 Å². The number of thioether (sulfide) groups is 1. The van der Waals surface area contributed by atoms with Crippen LogP contribution in [-0.2, 0) is 12.3 Å². The van der Waals surface area contributed by atoms with Crippen LogP contribution in [0.15, 0.2) is 65.8 Å². The average Bonchev–Trinajstić information content (AvgIpc) is 2.85. The molecule has 1 amide bonds. The maximum absolute atomic E-state index is 12.5. The molecule has 0 aliphatic heterocycles. The van der Waals surface area contributed by atoms with Gasteiger partial charge in [0.2, 0.25) is 0 Å². The second kappa shape index (κ2) is 13.9. The Hall–Kier alpha value is -2.61. The predicted molar refractivity (Wildman–Crippen MR) is 141 cm³/mol. The van der Waals surface area contributed by atoms with Crippen molar-refractivity contribution in [2.24, 2.45) is 5.73 Å². The molecule has 3 rings (SSSR count). The van der Waals surface area contributed by atoms with Crippen molar-refractivity contribution >= 4 is 35.1 Å². The zero-order valence-electron chi connectivity index (χ0n) is 19.5. The molecule has 3 N–H and O–H groups in total. The van der Waals surface area contributed by atoms with E-state index in [1.807, 2.05) is 54.4 Å². The molecule has 2 aromatic carbocycles. The smallest absolute Gasteiger partial charge is 0.251 e. The molecule has 0 aliphatic carbocycles. The zero-order valence-corrected chi connectivity index (χ0v) is 21.1. The minimum atomic E-state index is -0.0468. The van der Waals surface area contributed by atoms with Crippen LogP contribution in [0, 0.1) is 0 Å². The van der Waals surface area contributed by atoms with Crippen molar-refractivity contribution in [3.63, 3.8) is 0 Å². The van der Waals surface area contributed by atoms with Crippen LogP contribution in [0.1, 0.15) is 47.2 Å². The Kier molecular flexibility index (Phi) is 10.7. The molecule has 0 unspecified atom stereocenters. The summed E-state index contributed by atoms with van der Waals surface area (Å²) >= 11 is 7.78. The molecule has 0 atom stereocenters. The Morgan fingerprint density at radius 1 is 1.00 bits per heavy atom. The van der Waals surface area contributed by atoms with E-state index in [0.717, 1.165) is 50.2 Å².